The van der Waals surface area contributed by atoms with Crippen LogP contribution < -0.4 is 10.6 Å². The van der Waals surface area contributed by atoms with Crippen LogP contribution in [0.3, 0.4) is 0 Å². The number of nitrogens with one attached hydrogen (secondary N) is 2. The number of hydrogen-bond acceptors (Lipinski definition) is 1. The molecule has 0 unspecified atom stereocenters. The zero-order valence-corrected chi connectivity index (χ0v) is 10.5. The van der Waals surface area contributed by atoms with Gasteiger partial charge in [-0.25, -0.2) is 4.79 Å². The number of benzene rings is 1. The first-order chi connectivity index (χ1) is 7.08. The van der Waals surface area contributed by atoms with Gasteiger partial charge >= 0.3 is 6.03 Å². The standard InChI is InChI=1S/C11H15BrN2O/c1-8(2)14-11(15)13-7-9-3-5-10(12)6-4-9/h3-6,8H,7H2,1-2H3,(H2,13,14,15). The molecule has 1 aromatic carbocycles. The van der Waals surface area contributed by atoms with Gasteiger partial charge in [-0.05, 0) is 31.5 Å². The Morgan fingerprint density at radius 2 is 1.93 bits per heavy atom. The second kappa shape index (κ2) is 5.75. The average molecular weight is 271 g/mol. The Bertz CT molecular complexity index is 322. The molecule has 1 rings (SSSR count). The molecule has 4 heteroatoms. The van der Waals surface area contributed by atoms with Crippen LogP contribution in [-0.4, -0.2) is 12.1 Å². The van der Waals surface area contributed by atoms with Gasteiger partial charge in [0.25, 0.3) is 0 Å². The number of carbonyl (C=O) groups is 1. The Morgan fingerprint density at radius 3 is 2.47 bits per heavy atom. The van der Waals surface area contributed by atoms with Crippen molar-refractivity contribution in [1.29, 1.82) is 0 Å². The number of amides is 2. The lowest BCUT2D eigenvalue weighted by Crippen LogP contribution is -2.38. The van der Waals surface area contributed by atoms with Crippen molar-refractivity contribution in [3.63, 3.8) is 0 Å². The first-order valence-electron chi connectivity index (χ1n) is 4.86. The van der Waals surface area contributed by atoms with Crippen molar-refractivity contribution in [3.8, 4) is 0 Å². The molecule has 0 fully saturated rings. The minimum Gasteiger partial charge on any atom is -0.336 e. The zero-order chi connectivity index (χ0) is 11.3. The molecular weight excluding hydrogens is 256 g/mol. The van der Waals surface area contributed by atoms with E-state index >= 15 is 0 Å². The lowest BCUT2D eigenvalue weighted by molar-refractivity contribution is 0.238. The highest BCUT2D eigenvalue weighted by Gasteiger charge is 2.01. The molecule has 0 bridgehead atoms. The minimum absolute atomic E-state index is 0.132. The third-order valence-electron chi connectivity index (χ3n) is 1.79. The van der Waals surface area contributed by atoms with Crippen molar-refractivity contribution < 1.29 is 4.79 Å². The fourth-order valence-electron chi connectivity index (χ4n) is 1.10. The maximum Gasteiger partial charge on any atom is 0.315 e. The normalized spacial score (nSPS) is 10.1. The Balaban J connectivity index is 2.37. The molecule has 2 amide bonds. The molecule has 0 aliphatic carbocycles. The molecule has 0 saturated carbocycles. The minimum atomic E-state index is -0.132. The fourth-order valence-corrected chi connectivity index (χ4v) is 1.36. The van der Waals surface area contributed by atoms with Crippen LogP contribution in [0.5, 0.6) is 0 Å². The van der Waals surface area contributed by atoms with Gasteiger partial charge in [0, 0.05) is 17.1 Å². The molecule has 2 N–H and O–H groups in total. The molecule has 0 radical (unpaired) electrons. The highest BCUT2D eigenvalue weighted by atomic mass is 79.9. The lowest BCUT2D eigenvalue weighted by Gasteiger charge is -2.09. The largest absolute Gasteiger partial charge is 0.336 e. The van der Waals surface area contributed by atoms with E-state index in [4.69, 9.17) is 0 Å². The van der Waals surface area contributed by atoms with Gasteiger partial charge in [-0.1, -0.05) is 28.1 Å². The van der Waals surface area contributed by atoms with Crippen LogP contribution in [0.2, 0.25) is 0 Å². The lowest BCUT2D eigenvalue weighted by atomic mass is 10.2. The summed E-state index contributed by atoms with van der Waals surface area (Å²) in [5.74, 6) is 0. The van der Waals surface area contributed by atoms with E-state index in [-0.39, 0.29) is 12.1 Å². The molecule has 15 heavy (non-hydrogen) atoms. The first-order valence-corrected chi connectivity index (χ1v) is 5.66. The van der Waals surface area contributed by atoms with Crippen molar-refractivity contribution in [2.24, 2.45) is 0 Å². The highest BCUT2D eigenvalue weighted by molar-refractivity contribution is 9.10. The van der Waals surface area contributed by atoms with Gasteiger partial charge in [0.1, 0.15) is 0 Å². The Morgan fingerprint density at radius 1 is 1.33 bits per heavy atom. The zero-order valence-electron chi connectivity index (χ0n) is 8.88. The summed E-state index contributed by atoms with van der Waals surface area (Å²) in [6.45, 7) is 4.41. The Labute approximate surface area is 98.4 Å². The van der Waals surface area contributed by atoms with E-state index in [9.17, 15) is 4.79 Å². The summed E-state index contributed by atoms with van der Waals surface area (Å²) in [5, 5.41) is 5.55. The van der Waals surface area contributed by atoms with Crippen molar-refractivity contribution in [2.45, 2.75) is 26.4 Å². The van der Waals surface area contributed by atoms with Gasteiger partial charge in [-0.3, -0.25) is 0 Å². The molecular formula is C11H15BrN2O. The summed E-state index contributed by atoms with van der Waals surface area (Å²) < 4.78 is 1.04. The van der Waals surface area contributed by atoms with Crippen LogP contribution in [0.1, 0.15) is 19.4 Å². The van der Waals surface area contributed by atoms with Crippen molar-refractivity contribution in [1.82, 2.24) is 10.6 Å². The van der Waals surface area contributed by atoms with Gasteiger partial charge in [0.05, 0.1) is 0 Å². The van der Waals surface area contributed by atoms with Gasteiger partial charge in [-0.2, -0.15) is 0 Å². The smallest absolute Gasteiger partial charge is 0.315 e. The van der Waals surface area contributed by atoms with E-state index in [0.717, 1.165) is 10.0 Å². The Kier molecular flexibility index (Phi) is 4.62. The number of hydrogen-bond donors (Lipinski definition) is 2. The highest BCUT2D eigenvalue weighted by Crippen LogP contribution is 2.09. The summed E-state index contributed by atoms with van der Waals surface area (Å²) in [6.07, 6.45) is 0. The average Bonchev–Trinajstić information content (AvgIpc) is 2.16. The van der Waals surface area contributed by atoms with Crippen molar-refractivity contribution >= 4 is 22.0 Å². The molecule has 0 aliphatic rings. The third kappa shape index (κ3) is 4.83. The number of carbonyl (C=O) groups excluding carboxylic acids is 1. The molecule has 0 heterocycles. The van der Waals surface area contributed by atoms with Crippen LogP contribution in [0.15, 0.2) is 28.7 Å². The van der Waals surface area contributed by atoms with Crippen LogP contribution >= 0.6 is 15.9 Å². The monoisotopic (exact) mass is 270 g/mol. The van der Waals surface area contributed by atoms with Crippen molar-refractivity contribution in [3.05, 3.63) is 34.3 Å². The third-order valence-corrected chi connectivity index (χ3v) is 2.31. The van der Waals surface area contributed by atoms with Gasteiger partial charge in [0.15, 0.2) is 0 Å². The van der Waals surface area contributed by atoms with E-state index in [1.165, 1.54) is 0 Å². The SMILES string of the molecule is CC(C)NC(=O)NCc1ccc(Br)cc1. The van der Waals surface area contributed by atoms with Crippen LogP contribution in [0, 0.1) is 0 Å². The van der Waals surface area contributed by atoms with Gasteiger partial charge in [-0.15, -0.1) is 0 Å². The molecule has 0 aliphatic heterocycles. The first kappa shape index (κ1) is 12.0. The summed E-state index contributed by atoms with van der Waals surface area (Å²) in [5.41, 5.74) is 1.08. The quantitative estimate of drug-likeness (QED) is 0.871. The summed E-state index contributed by atoms with van der Waals surface area (Å²) in [4.78, 5) is 11.3. The van der Waals surface area contributed by atoms with Crippen LogP contribution in [0.4, 0.5) is 4.79 Å². The molecule has 3 nitrogen and oxygen atoms in total. The van der Waals surface area contributed by atoms with E-state index < -0.39 is 0 Å². The van der Waals surface area contributed by atoms with Gasteiger partial charge in [0.2, 0.25) is 0 Å². The summed E-state index contributed by atoms with van der Waals surface area (Å²) >= 11 is 3.36. The number of halogens is 1. The topological polar surface area (TPSA) is 41.1 Å². The van der Waals surface area contributed by atoms with Crippen LogP contribution in [0.25, 0.3) is 0 Å². The Hall–Kier alpha value is -1.03. The molecule has 82 valence electrons. The predicted octanol–water partition coefficient (Wildman–Crippen LogP) is 2.66. The van der Waals surface area contributed by atoms with E-state index in [1.807, 2.05) is 38.1 Å². The van der Waals surface area contributed by atoms with E-state index in [1.54, 1.807) is 0 Å². The van der Waals surface area contributed by atoms with Crippen LogP contribution in [-0.2, 0) is 6.54 Å². The second-order valence-electron chi connectivity index (χ2n) is 3.61. The van der Waals surface area contributed by atoms with E-state index in [0.29, 0.717) is 6.54 Å². The molecule has 0 aromatic heterocycles. The maximum atomic E-state index is 11.3. The summed E-state index contributed by atoms with van der Waals surface area (Å²) in [6, 6.07) is 7.89. The predicted molar refractivity (Wildman–Crippen MR) is 64.6 cm³/mol. The maximum absolute atomic E-state index is 11.3. The molecule has 0 spiro atoms. The summed E-state index contributed by atoms with van der Waals surface area (Å²) in [7, 11) is 0. The molecule has 0 atom stereocenters. The second-order valence-corrected chi connectivity index (χ2v) is 4.52. The number of urea groups is 1. The molecule has 0 saturated heterocycles. The van der Waals surface area contributed by atoms with Crippen molar-refractivity contribution in [2.75, 3.05) is 0 Å². The number of rotatable bonds is 3. The van der Waals surface area contributed by atoms with E-state index in [2.05, 4.69) is 26.6 Å². The van der Waals surface area contributed by atoms with Gasteiger partial charge < -0.3 is 10.6 Å². The fraction of sp³-hybridized carbons (Fsp3) is 0.364. The molecule has 1 aromatic rings.